The fourth-order valence-electron chi connectivity index (χ4n) is 2.32. The fourth-order valence-corrected chi connectivity index (χ4v) is 3.11. The SMILES string of the molecule is CC1CN(c2nnc(SCC(=O)O)n2C(C)C)C(C)CO1. The number of aliphatic carboxylic acids is 1. The molecule has 0 radical (unpaired) electrons. The van der Waals surface area contributed by atoms with E-state index in [4.69, 9.17) is 9.84 Å². The maximum atomic E-state index is 10.8. The highest BCUT2D eigenvalue weighted by Gasteiger charge is 2.29. The number of morpholine rings is 1. The molecule has 1 aromatic rings. The summed E-state index contributed by atoms with van der Waals surface area (Å²) in [5.74, 6) is -0.0753. The first kappa shape index (κ1) is 16.1. The topological polar surface area (TPSA) is 80.5 Å². The van der Waals surface area contributed by atoms with Crippen LogP contribution >= 0.6 is 11.8 Å². The second kappa shape index (κ2) is 6.65. The summed E-state index contributed by atoms with van der Waals surface area (Å²) in [4.78, 5) is 12.9. The van der Waals surface area contributed by atoms with Gasteiger partial charge in [0.25, 0.3) is 0 Å². The lowest BCUT2D eigenvalue weighted by Crippen LogP contribution is -2.48. The summed E-state index contributed by atoms with van der Waals surface area (Å²) in [5, 5.41) is 17.9. The molecule has 7 nitrogen and oxygen atoms in total. The summed E-state index contributed by atoms with van der Waals surface area (Å²) >= 11 is 1.20. The van der Waals surface area contributed by atoms with Crippen LogP contribution in [0.3, 0.4) is 0 Å². The van der Waals surface area contributed by atoms with Crippen molar-refractivity contribution in [3.63, 3.8) is 0 Å². The average molecular weight is 314 g/mol. The van der Waals surface area contributed by atoms with Crippen molar-refractivity contribution in [2.45, 2.75) is 51.0 Å². The molecule has 8 heteroatoms. The number of carboxylic acid groups (broad SMARTS) is 1. The summed E-state index contributed by atoms with van der Waals surface area (Å²) in [6, 6.07) is 0.386. The Balaban J connectivity index is 2.28. The number of hydrogen-bond acceptors (Lipinski definition) is 6. The third-order valence-electron chi connectivity index (χ3n) is 3.35. The second-order valence-electron chi connectivity index (χ2n) is 5.57. The molecule has 0 aromatic carbocycles. The highest BCUT2D eigenvalue weighted by atomic mass is 32.2. The summed E-state index contributed by atoms with van der Waals surface area (Å²) < 4.78 is 7.65. The zero-order chi connectivity index (χ0) is 15.6. The molecule has 0 spiro atoms. The smallest absolute Gasteiger partial charge is 0.313 e. The molecule has 118 valence electrons. The van der Waals surface area contributed by atoms with Gasteiger partial charge in [-0.25, -0.2) is 0 Å². The molecule has 0 aliphatic carbocycles. The standard InChI is InChI=1S/C13H22N4O3S/c1-8(2)17-12(14-15-13(17)21-7-11(18)19)16-5-10(4)20-6-9(16)3/h8-10H,5-7H2,1-4H3,(H,18,19). The number of hydrogen-bond donors (Lipinski definition) is 1. The van der Waals surface area contributed by atoms with Crippen molar-refractivity contribution in [1.82, 2.24) is 14.8 Å². The van der Waals surface area contributed by atoms with Crippen LogP contribution in [0.5, 0.6) is 0 Å². The maximum Gasteiger partial charge on any atom is 0.313 e. The van der Waals surface area contributed by atoms with Crippen molar-refractivity contribution in [1.29, 1.82) is 0 Å². The summed E-state index contributed by atoms with van der Waals surface area (Å²) in [6.07, 6.45) is 0.147. The molecule has 2 heterocycles. The first-order chi connectivity index (χ1) is 9.90. The van der Waals surface area contributed by atoms with Crippen LogP contribution in [0.15, 0.2) is 5.16 Å². The second-order valence-corrected chi connectivity index (χ2v) is 6.52. The third-order valence-corrected chi connectivity index (χ3v) is 4.28. The lowest BCUT2D eigenvalue weighted by Gasteiger charge is -2.37. The number of aromatic nitrogens is 3. The zero-order valence-electron chi connectivity index (χ0n) is 12.8. The lowest BCUT2D eigenvalue weighted by atomic mass is 10.2. The zero-order valence-corrected chi connectivity index (χ0v) is 13.6. The van der Waals surface area contributed by atoms with Gasteiger partial charge >= 0.3 is 5.97 Å². The van der Waals surface area contributed by atoms with Gasteiger partial charge in [0, 0.05) is 12.6 Å². The molecule has 2 unspecified atom stereocenters. The van der Waals surface area contributed by atoms with E-state index in [-0.39, 0.29) is 23.9 Å². The number of thioether (sulfide) groups is 1. The monoisotopic (exact) mass is 314 g/mol. The number of nitrogens with zero attached hydrogens (tertiary/aromatic N) is 4. The van der Waals surface area contributed by atoms with Gasteiger partial charge in [0.2, 0.25) is 5.95 Å². The Kier molecular flexibility index (Phi) is 5.10. The van der Waals surface area contributed by atoms with Crippen LogP contribution in [0.1, 0.15) is 33.7 Å². The molecule has 2 atom stereocenters. The van der Waals surface area contributed by atoms with Crippen molar-refractivity contribution >= 4 is 23.7 Å². The van der Waals surface area contributed by atoms with Gasteiger partial charge in [-0.2, -0.15) is 0 Å². The van der Waals surface area contributed by atoms with Crippen molar-refractivity contribution < 1.29 is 14.6 Å². The molecule has 1 N–H and O–H groups in total. The molecular weight excluding hydrogens is 292 g/mol. The number of carboxylic acids is 1. The molecule has 2 rings (SSSR count). The minimum absolute atomic E-state index is 0.0140. The normalized spacial score (nSPS) is 22.8. The van der Waals surface area contributed by atoms with E-state index in [1.165, 1.54) is 11.8 Å². The van der Waals surface area contributed by atoms with E-state index in [9.17, 15) is 4.79 Å². The van der Waals surface area contributed by atoms with E-state index in [1.807, 2.05) is 25.3 Å². The first-order valence-electron chi connectivity index (χ1n) is 7.08. The van der Waals surface area contributed by atoms with Gasteiger partial charge in [0.05, 0.1) is 24.5 Å². The van der Waals surface area contributed by atoms with Crippen molar-refractivity contribution in [3.8, 4) is 0 Å². The van der Waals surface area contributed by atoms with Crippen LogP contribution in [0.4, 0.5) is 5.95 Å². The highest BCUT2D eigenvalue weighted by Crippen LogP contribution is 2.28. The first-order valence-corrected chi connectivity index (χ1v) is 8.06. The number of ether oxygens (including phenoxy) is 1. The summed E-state index contributed by atoms with van der Waals surface area (Å²) in [7, 11) is 0. The minimum atomic E-state index is -0.854. The highest BCUT2D eigenvalue weighted by molar-refractivity contribution is 7.99. The van der Waals surface area contributed by atoms with Crippen LogP contribution in [-0.2, 0) is 9.53 Å². The number of carbonyl (C=O) groups is 1. The van der Waals surface area contributed by atoms with E-state index in [0.717, 1.165) is 12.5 Å². The van der Waals surface area contributed by atoms with Gasteiger partial charge in [-0.1, -0.05) is 11.8 Å². The number of anilines is 1. The van der Waals surface area contributed by atoms with Crippen LogP contribution < -0.4 is 4.90 Å². The van der Waals surface area contributed by atoms with Crippen LogP contribution in [0.25, 0.3) is 0 Å². The van der Waals surface area contributed by atoms with Gasteiger partial charge in [0.1, 0.15) is 0 Å². The Hall–Kier alpha value is -1.28. The molecule has 1 aliphatic heterocycles. The summed E-state index contributed by atoms with van der Waals surface area (Å²) in [5.41, 5.74) is 0. The fraction of sp³-hybridized carbons (Fsp3) is 0.769. The van der Waals surface area contributed by atoms with Crippen LogP contribution in [0.2, 0.25) is 0 Å². The Morgan fingerprint density at radius 1 is 1.48 bits per heavy atom. The quantitative estimate of drug-likeness (QED) is 0.828. The number of rotatable bonds is 5. The molecule has 0 saturated carbocycles. The minimum Gasteiger partial charge on any atom is -0.481 e. The predicted molar refractivity (Wildman–Crippen MR) is 81.0 cm³/mol. The molecule has 0 amide bonds. The van der Waals surface area contributed by atoms with E-state index in [1.54, 1.807) is 0 Å². The van der Waals surface area contributed by atoms with Gasteiger partial charge in [-0.05, 0) is 27.7 Å². The molecule has 1 aromatic heterocycles. The van der Waals surface area contributed by atoms with E-state index in [2.05, 4.69) is 22.0 Å². The molecular formula is C13H22N4O3S. The largest absolute Gasteiger partial charge is 0.481 e. The van der Waals surface area contributed by atoms with E-state index < -0.39 is 5.97 Å². The van der Waals surface area contributed by atoms with E-state index >= 15 is 0 Å². The van der Waals surface area contributed by atoms with Gasteiger partial charge < -0.3 is 14.7 Å². The van der Waals surface area contributed by atoms with Crippen molar-refractivity contribution in [3.05, 3.63) is 0 Å². The van der Waals surface area contributed by atoms with Crippen molar-refractivity contribution in [2.75, 3.05) is 23.8 Å². The van der Waals surface area contributed by atoms with Gasteiger partial charge in [-0.3, -0.25) is 9.36 Å². The Morgan fingerprint density at radius 2 is 2.19 bits per heavy atom. The average Bonchev–Trinajstić information content (AvgIpc) is 2.83. The van der Waals surface area contributed by atoms with Gasteiger partial charge in [-0.15, -0.1) is 10.2 Å². The van der Waals surface area contributed by atoms with E-state index in [0.29, 0.717) is 11.8 Å². The molecule has 1 aliphatic rings. The molecule has 1 saturated heterocycles. The molecule has 0 bridgehead atoms. The van der Waals surface area contributed by atoms with Crippen LogP contribution in [-0.4, -0.2) is 56.9 Å². The Labute approximate surface area is 128 Å². The summed E-state index contributed by atoms with van der Waals surface area (Å²) in [6.45, 7) is 9.64. The Morgan fingerprint density at radius 3 is 2.81 bits per heavy atom. The lowest BCUT2D eigenvalue weighted by molar-refractivity contribution is -0.133. The maximum absolute atomic E-state index is 10.8. The molecule has 1 fully saturated rings. The molecule has 21 heavy (non-hydrogen) atoms. The Bertz CT molecular complexity index is 506. The third kappa shape index (κ3) is 3.68. The van der Waals surface area contributed by atoms with Gasteiger partial charge in [0.15, 0.2) is 5.16 Å². The van der Waals surface area contributed by atoms with Crippen molar-refractivity contribution in [2.24, 2.45) is 0 Å². The predicted octanol–water partition coefficient (Wildman–Crippen LogP) is 1.65. The van der Waals surface area contributed by atoms with Crippen LogP contribution in [0, 0.1) is 0 Å².